The van der Waals surface area contributed by atoms with Gasteiger partial charge in [0.05, 0.1) is 13.7 Å². The van der Waals surface area contributed by atoms with E-state index in [0.717, 1.165) is 37.2 Å². The van der Waals surface area contributed by atoms with Gasteiger partial charge in [-0.15, -0.1) is 0 Å². The Balaban J connectivity index is 1.72. The van der Waals surface area contributed by atoms with Gasteiger partial charge in [0.25, 0.3) is 0 Å². The number of hydrogen-bond donors (Lipinski definition) is 2. The molecule has 0 radical (unpaired) electrons. The standard InChI is InChI=1S/C16H25N3O2/c1-17-14-6-8-19(9-7-14)12-16(20)18-11-13-4-3-5-15(10-13)21-2/h3-5,10,14,17H,6-9,11-12H2,1-2H3,(H,18,20). The number of benzene rings is 1. The molecule has 0 saturated carbocycles. The Hall–Kier alpha value is -1.59. The van der Waals surface area contributed by atoms with Crippen molar-refractivity contribution >= 4 is 5.91 Å². The Morgan fingerprint density at radius 1 is 1.38 bits per heavy atom. The molecule has 0 spiro atoms. The third-order valence-corrected chi connectivity index (χ3v) is 3.99. The largest absolute Gasteiger partial charge is 0.497 e. The van der Waals surface area contributed by atoms with Crippen molar-refractivity contribution in [3.8, 4) is 5.75 Å². The van der Waals surface area contributed by atoms with Gasteiger partial charge in [0, 0.05) is 25.7 Å². The zero-order valence-corrected chi connectivity index (χ0v) is 12.9. The second-order valence-electron chi connectivity index (χ2n) is 5.47. The molecule has 1 fully saturated rings. The SMILES string of the molecule is CNC1CCN(CC(=O)NCc2cccc(OC)c2)CC1. The number of nitrogens with one attached hydrogen (secondary N) is 2. The maximum atomic E-state index is 12.0. The van der Waals surface area contributed by atoms with E-state index in [9.17, 15) is 4.79 Å². The first kappa shape index (κ1) is 15.8. The van der Waals surface area contributed by atoms with Gasteiger partial charge in [0.15, 0.2) is 0 Å². The molecule has 1 heterocycles. The molecule has 116 valence electrons. The summed E-state index contributed by atoms with van der Waals surface area (Å²) in [6, 6.07) is 8.36. The number of likely N-dealkylation sites (tertiary alicyclic amines) is 1. The number of ether oxygens (including phenoxy) is 1. The summed E-state index contributed by atoms with van der Waals surface area (Å²) in [5.74, 6) is 0.900. The van der Waals surface area contributed by atoms with Crippen molar-refractivity contribution in [1.82, 2.24) is 15.5 Å². The number of nitrogens with zero attached hydrogens (tertiary/aromatic N) is 1. The van der Waals surface area contributed by atoms with Crippen LogP contribution < -0.4 is 15.4 Å². The van der Waals surface area contributed by atoms with Crippen LogP contribution in [-0.2, 0) is 11.3 Å². The normalized spacial score (nSPS) is 16.7. The number of hydrogen-bond acceptors (Lipinski definition) is 4. The van der Waals surface area contributed by atoms with Crippen LogP contribution in [0.4, 0.5) is 0 Å². The molecule has 0 aromatic heterocycles. The van der Waals surface area contributed by atoms with E-state index >= 15 is 0 Å². The van der Waals surface area contributed by atoms with Gasteiger partial charge in [0.2, 0.25) is 5.91 Å². The quantitative estimate of drug-likeness (QED) is 0.821. The van der Waals surface area contributed by atoms with Crippen LogP contribution >= 0.6 is 0 Å². The number of piperidine rings is 1. The Bertz CT molecular complexity index is 457. The highest BCUT2D eigenvalue weighted by Gasteiger charge is 2.19. The second kappa shape index (κ2) is 8.00. The van der Waals surface area contributed by atoms with E-state index in [0.29, 0.717) is 19.1 Å². The van der Waals surface area contributed by atoms with Crippen molar-refractivity contribution in [3.05, 3.63) is 29.8 Å². The van der Waals surface area contributed by atoms with Crippen molar-refractivity contribution in [3.63, 3.8) is 0 Å². The lowest BCUT2D eigenvalue weighted by molar-refractivity contribution is -0.122. The molecule has 0 unspecified atom stereocenters. The van der Waals surface area contributed by atoms with E-state index in [-0.39, 0.29) is 5.91 Å². The summed E-state index contributed by atoms with van der Waals surface area (Å²) in [7, 11) is 3.65. The molecule has 21 heavy (non-hydrogen) atoms. The van der Waals surface area contributed by atoms with Crippen molar-refractivity contribution in [2.24, 2.45) is 0 Å². The van der Waals surface area contributed by atoms with Crippen molar-refractivity contribution in [2.45, 2.75) is 25.4 Å². The molecule has 5 heteroatoms. The summed E-state index contributed by atoms with van der Waals surface area (Å²) in [5, 5.41) is 6.27. The zero-order valence-electron chi connectivity index (χ0n) is 12.9. The second-order valence-corrected chi connectivity index (χ2v) is 5.47. The summed E-state index contributed by atoms with van der Waals surface area (Å²) in [6.45, 7) is 3.00. The molecule has 1 amide bonds. The molecule has 0 bridgehead atoms. The van der Waals surface area contributed by atoms with Crippen LogP contribution in [0, 0.1) is 0 Å². The van der Waals surface area contributed by atoms with E-state index < -0.39 is 0 Å². The Labute approximate surface area is 126 Å². The minimum Gasteiger partial charge on any atom is -0.497 e. The lowest BCUT2D eigenvalue weighted by atomic mass is 10.1. The molecule has 5 nitrogen and oxygen atoms in total. The third kappa shape index (κ3) is 5.02. The molecule has 1 aliphatic rings. The van der Waals surface area contributed by atoms with Gasteiger partial charge >= 0.3 is 0 Å². The van der Waals surface area contributed by atoms with E-state index in [1.165, 1.54) is 0 Å². The molecular weight excluding hydrogens is 266 g/mol. The molecule has 2 N–H and O–H groups in total. The molecule has 1 aromatic rings. The molecular formula is C16H25N3O2. The van der Waals surface area contributed by atoms with Gasteiger partial charge in [-0.2, -0.15) is 0 Å². The van der Waals surface area contributed by atoms with Crippen molar-refractivity contribution in [2.75, 3.05) is 33.8 Å². The van der Waals surface area contributed by atoms with Crippen LogP contribution in [0.15, 0.2) is 24.3 Å². The minimum atomic E-state index is 0.0840. The predicted molar refractivity (Wildman–Crippen MR) is 83.4 cm³/mol. The monoisotopic (exact) mass is 291 g/mol. The fourth-order valence-electron chi connectivity index (χ4n) is 2.62. The van der Waals surface area contributed by atoms with Crippen LogP contribution in [0.25, 0.3) is 0 Å². The average molecular weight is 291 g/mol. The molecule has 0 aliphatic carbocycles. The Kier molecular flexibility index (Phi) is 6.02. The van der Waals surface area contributed by atoms with Gasteiger partial charge in [-0.25, -0.2) is 0 Å². The predicted octanol–water partition coefficient (Wildman–Crippen LogP) is 0.995. The fourth-order valence-corrected chi connectivity index (χ4v) is 2.62. The van der Waals surface area contributed by atoms with Crippen LogP contribution in [-0.4, -0.2) is 50.6 Å². The Morgan fingerprint density at radius 3 is 2.81 bits per heavy atom. The van der Waals surface area contributed by atoms with Gasteiger partial charge in [-0.1, -0.05) is 12.1 Å². The lowest BCUT2D eigenvalue weighted by Crippen LogP contribution is -2.45. The minimum absolute atomic E-state index is 0.0840. The van der Waals surface area contributed by atoms with Gasteiger partial charge in [-0.3, -0.25) is 9.69 Å². The summed E-state index contributed by atoms with van der Waals surface area (Å²) >= 11 is 0. The first-order valence-corrected chi connectivity index (χ1v) is 7.50. The van der Waals surface area contributed by atoms with Crippen LogP contribution in [0.5, 0.6) is 5.75 Å². The number of rotatable bonds is 6. The summed E-state index contributed by atoms with van der Waals surface area (Å²) in [4.78, 5) is 14.2. The van der Waals surface area contributed by atoms with Gasteiger partial charge < -0.3 is 15.4 Å². The van der Waals surface area contributed by atoms with E-state index in [2.05, 4.69) is 15.5 Å². The summed E-state index contributed by atoms with van der Waals surface area (Å²) in [6.07, 6.45) is 2.22. The average Bonchev–Trinajstić information content (AvgIpc) is 2.54. The topological polar surface area (TPSA) is 53.6 Å². The number of carbonyl (C=O) groups excluding carboxylic acids is 1. The lowest BCUT2D eigenvalue weighted by Gasteiger charge is -2.31. The first-order chi connectivity index (χ1) is 10.2. The molecule has 2 rings (SSSR count). The maximum Gasteiger partial charge on any atom is 0.234 e. The first-order valence-electron chi connectivity index (χ1n) is 7.50. The van der Waals surface area contributed by atoms with Crippen molar-refractivity contribution < 1.29 is 9.53 Å². The highest BCUT2D eigenvalue weighted by atomic mass is 16.5. The maximum absolute atomic E-state index is 12.0. The van der Waals surface area contributed by atoms with Crippen LogP contribution in [0.3, 0.4) is 0 Å². The van der Waals surface area contributed by atoms with Gasteiger partial charge in [-0.05, 0) is 37.6 Å². The zero-order chi connectivity index (χ0) is 15.1. The van der Waals surface area contributed by atoms with Crippen LogP contribution in [0.2, 0.25) is 0 Å². The van der Waals surface area contributed by atoms with E-state index in [1.54, 1.807) is 7.11 Å². The van der Waals surface area contributed by atoms with Crippen LogP contribution in [0.1, 0.15) is 18.4 Å². The number of methoxy groups -OCH3 is 1. The van der Waals surface area contributed by atoms with Crippen molar-refractivity contribution in [1.29, 1.82) is 0 Å². The molecule has 1 saturated heterocycles. The van der Waals surface area contributed by atoms with Gasteiger partial charge in [0.1, 0.15) is 5.75 Å². The summed E-state index contributed by atoms with van der Waals surface area (Å²) in [5.41, 5.74) is 1.05. The molecule has 0 atom stereocenters. The smallest absolute Gasteiger partial charge is 0.234 e. The number of carbonyl (C=O) groups is 1. The fraction of sp³-hybridized carbons (Fsp3) is 0.562. The highest BCUT2D eigenvalue weighted by molar-refractivity contribution is 5.78. The number of amides is 1. The highest BCUT2D eigenvalue weighted by Crippen LogP contribution is 2.12. The third-order valence-electron chi connectivity index (χ3n) is 3.99. The van der Waals surface area contributed by atoms with E-state index in [4.69, 9.17) is 4.74 Å². The summed E-state index contributed by atoms with van der Waals surface area (Å²) < 4.78 is 5.18. The molecule has 1 aromatic carbocycles. The molecule has 1 aliphatic heterocycles. The van der Waals surface area contributed by atoms with E-state index in [1.807, 2.05) is 31.3 Å². The Morgan fingerprint density at radius 2 is 2.14 bits per heavy atom.